The lowest BCUT2D eigenvalue weighted by atomic mass is 10.1. The molecule has 7 heteroatoms. The predicted octanol–water partition coefficient (Wildman–Crippen LogP) is 4.23. The Labute approximate surface area is 142 Å². The van der Waals surface area contributed by atoms with Crippen molar-refractivity contribution in [2.75, 3.05) is 0 Å². The highest BCUT2D eigenvalue weighted by Gasteiger charge is 2.22. The van der Waals surface area contributed by atoms with Gasteiger partial charge >= 0.3 is 12.1 Å². The van der Waals surface area contributed by atoms with Crippen LogP contribution in [0.5, 0.6) is 5.75 Å². The van der Waals surface area contributed by atoms with Gasteiger partial charge in [-0.05, 0) is 42.0 Å². The topological polar surface area (TPSA) is 64.3 Å². The Balaban J connectivity index is 1.84. The molecule has 0 amide bonds. The van der Waals surface area contributed by atoms with Crippen molar-refractivity contribution in [1.82, 2.24) is 9.78 Å². The summed E-state index contributed by atoms with van der Waals surface area (Å²) in [5.41, 5.74) is 2.31. The molecule has 0 saturated heterocycles. The molecule has 2 aromatic carbocycles. The van der Waals surface area contributed by atoms with E-state index >= 15 is 0 Å². The van der Waals surface area contributed by atoms with Crippen molar-refractivity contribution in [2.45, 2.75) is 13.0 Å². The number of carbonyl (C=O) groups is 1. The monoisotopic (exact) mass is 344 g/mol. The van der Waals surface area contributed by atoms with E-state index in [0.29, 0.717) is 12.6 Å². The molecule has 0 bridgehead atoms. The fourth-order valence-corrected chi connectivity index (χ4v) is 2.32. The maximum atomic E-state index is 12.8. The maximum Gasteiger partial charge on any atom is 0.394 e. The summed E-state index contributed by atoms with van der Waals surface area (Å²) in [6.07, 6.45) is 0.0896. The number of carboxylic acids is 1. The standard InChI is InChI=1S/C18H14F2N2O3/c1-18(19,20)25-16-7-5-15(6-8-16)22-11-14(10-21-22)12-3-2-4-13(9-12)17(23)24/h2-11H,1H3,(H,23,24). The lowest BCUT2D eigenvalue weighted by molar-refractivity contribution is -0.158. The van der Waals surface area contributed by atoms with E-state index in [2.05, 4.69) is 9.84 Å². The largest absolute Gasteiger partial charge is 0.478 e. The molecule has 0 unspecified atom stereocenters. The predicted molar refractivity (Wildman–Crippen MR) is 87.2 cm³/mol. The molecule has 0 atom stereocenters. The number of hydrogen-bond acceptors (Lipinski definition) is 3. The summed E-state index contributed by atoms with van der Waals surface area (Å²) in [5.74, 6) is -0.949. The van der Waals surface area contributed by atoms with Crippen molar-refractivity contribution in [1.29, 1.82) is 0 Å². The van der Waals surface area contributed by atoms with Crippen LogP contribution in [-0.4, -0.2) is 27.0 Å². The van der Waals surface area contributed by atoms with Gasteiger partial charge in [-0.15, -0.1) is 0 Å². The zero-order valence-corrected chi connectivity index (χ0v) is 13.2. The first kappa shape index (κ1) is 16.6. The van der Waals surface area contributed by atoms with Gasteiger partial charge in [0.15, 0.2) is 0 Å². The number of carboxylic acid groups (broad SMARTS) is 1. The van der Waals surface area contributed by atoms with E-state index in [4.69, 9.17) is 5.11 Å². The molecule has 1 N–H and O–H groups in total. The molecule has 3 aromatic rings. The molecule has 3 rings (SSSR count). The quantitative estimate of drug-likeness (QED) is 0.752. The highest BCUT2D eigenvalue weighted by molar-refractivity contribution is 5.89. The minimum Gasteiger partial charge on any atom is -0.478 e. The van der Waals surface area contributed by atoms with E-state index in [1.54, 1.807) is 47.4 Å². The Hall–Kier alpha value is -3.22. The second-order valence-corrected chi connectivity index (χ2v) is 5.46. The number of halogens is 2. The zero-order valence-electron chi connectivity index (χ0n) is 13.2. The molecule has 1 aromatic heterocycles. The summed E-state index contributed by atoms with van der Waals surface area (Å²) >= 11 is 0. The molecule has 25 heavy (non-hydrogen) atoms. The Bertz CT molecular complexity index is 899. The number of nitrogens with zero attached hydrogens (tertiary/aromatic N) is 2. The van der Waals surface area contributed by atoms with Crippen molar-refractivity contribution < 1.29 is 23.4 Å². The van der Waals surface area contributed by atoms with Crippen molar-refractivity contribution in [3.8, 4) is 22.6 Å². The van der Waals surface area contributed by atoms with Gasteiger partial charge in [0, 0.05) is 18.7 Å². The third-order valence-corrected chi connectivity index (χ3v) is 3.42. The van der Waals surface area contributed by atoms with Gasteiger partial charge in [-0.1, -0.05) is 12.1 Å². The van der Waals surface area contributed by atoms with Gasteiger partial charge in [-0.2, -0.15) is 13.9 Å². The van der Waals surface area contributed by atoms with Crippen LogP contribution in [0.3, 0.4) is 0 Å². The molecule has 5 nitrogen and oxygen atoms in total. The molecule has 0 aliphatic carbocycles. The van der Waals surface area contributed by atoms with Crippen LogP contribution in [0.25, 0.3) is 16.8 Å². The second kappa shape index (κ2) is 6.35. The Morgan fingerprint density at radius 1 is 1.16 bits per heavy atom. The van der Waals surface area contributed by atoms with E-state index in [9.17, 15) is 13.6 Å². The third kappa shape index (κ3) is 4.00. The fourth-order valence-electron chi connectivity index (χ4n) is 2.32. The van der Waals surface area contributed by atoms with E-state index in [1.165, 1.54) is 18.2 Å². The normalized spacial score (nSPS) is 11.3. The first-order valence-corrected chi connectivity index (χ1v) is 7.37. The van der Waals surface area contributed by atoms with Crippen LogP contribution in [-0.2, 0) is 0 Å². The van der Waals surface area contributed by atoms with Gasteiger partial charge in [-0.3, -0.25) is 0 Å². The molecule has 0 fully saturated rings. The van der Waals surface area contributed by atoms with Crippen molar-refractivity contribution >= 4 is 5.97 Å². The lowest BCUT2D eigenvalue weighted by Crippen LogP contribution is -2.19. The Kier molecular flexibility index (Phi) is 4.22. The molecule has 0 aliphatic rings. The highest BCUT2D eigenvalue weighted by Crippen LogP contribution is 2.24. The number of aromatic carboxylic acids is 1. The SMILES string of the molecule is CC(F)(F)Oc1ccc(-n2cc(-c3cccc(C(=O)O)c3)cn2)cc1. The minimum atomic E-state index is -3.24. The first-order valence-electron chi connectivity index (χ1n) is 7.37. The van der Waals surface area contributed by atoms with Crippen molar-refractivity contribution in [3.05, 3.63) is 66.5 Å². The number of ether oxygens (including phenoxy) is 1. The lowest BCUT2D eigenvalue weighted by Gasteiger charge is -2.13. The first-order chi connectivity index (χ1) is 11.8. The average Bonchev–Trinajstić information content (AvgIpc) is 3.04. The number of rotatable bonds is 5. The van der Waals surface area contributed by atoms with E-state index in [-0.39, 0.29) is 11.3 Å². The van der Waals surface area contributed by atoms with Crippen molar-refractivity contribution in [3.63, 3.8) is 0 Å². The molecule has 0 aliphatic heterocycles. The molecular weight excluding hydrogens is 330 g/mol. The van der Waals surface area contributed by atoms with Gasteiger partial charge in [-0.25, -0.2) is 9.48 Å². The van der Waals surface area contributed by atoms with Crippen LogP contribution in [0.4, 0.5) is 8.78 Å². The minimum absolute atomic E-state index is 0.0535. The second-order valence-electron chi connectivity index (χ2n) is 5.46. The summed E-state index contributed by atoms with van der Waals surface area (Å²) in [7, 11) is 0. The highest BCUT2D eigenvalue weighted by atomic mass is 19.3. The molecule has 0 spiro atoms. The molecular formula is C18H14F2N2O3. The van der Waals surface area contributed by atoms with Gasteiger partial charge in [0.25, 0.3) is 0 Å². The van der Waals surface area contributed by atoms with Gasteiger partial charge in [0.1, 0.15) is 5.75 Å². The fraction of sp³-hybridized carbons (Fsp3) is 0.111. The maximum absolute atomic E-state index is 12.8. The summed E-state index contributed by atoms with van der Waals surface area (Å²) in [5, 5.41) is 13.3. The van der Waals surface area contributed by atoms with Crippen LogP contribution in [0.1, 0.15) is 17.3 Å². The van der Waals surface area contributed by atoms with E-state index in [0.717, 1.165) is 11.1 Å². The summed E-state index contributed by atoms with van der Waals surface area (Å²) in [4.78, 5) is 11.1. The zero-order chi connectivity index (χ0) is 18.0. The van der Waals surface area contributed by atoms with Crippen LogP contribution in [0.15, 0.2) is 60.9 Å². The molecule has 0 radical (unpaired) electrons. The van der Waals surface area contributed by atoms with Crippen molar-refractivity contribution in [2.24, 2.45) is 0 Å². The van der Waals surface area contributed by atoms with Gasteiger partial charge in [0.05, 0.1) is 17.4 Å². The van der Waals surface area contributed by atoms with Crippen LogP contribution >= 0.6 is 0 Å². The number of aromatic nitrogens is 2. The molecule has 1 heterocycles. The van der Waals surface area contributed by atoms with Gasteiger partial charge in [0.2, 0.25) is 0 Å². The summed E-state index contributed by atoms with van der Waals surface area (Å²) in [6, 6.07) is 12.6. The molecule has 0 saturated carbocycles. The smallest absolute Gasteiger partial charge is 0.394 e. The summed E-state index contributed by atoms with van der Waals surface area (Å²) < 4.78 is 31.7. The Morgan fingerprint density at radius 3 is 2.52 bits per heavy atom. The van der Waals surface area contributed by atoms with E-state index < -0.39 is 12.1 Å². The number of alkyl halides is 2. The van der Waals surface area contributed by atoms with Gasteiger partial charge < -0.3 is 9.84 Å². The number of hydrogen-bond donors (Lipinski definition) is 1. The average molecular weight is 344 g/mol. The van der Waals surface area contributed by atoms with Crippen LogP contribution < -0.4 is 4.74 Å². The van der Waals surface area contributed by atoms with E-state index in [1.807, 2.05) is 0 Å². The summed E-state index contributed by atoms with van der Waals surface area (Å²) in [6.45, 7) is 0.673. The Morgan fingerprint density at radius 2 is 1.88 bits per heavy atom. The number of benzene rings is 2. The third-order valence-electron chi connectivity index (χ3n) is 3.42. The van der Waals surface area contributed by atoms with Crippen LogP contribution in [0, 0.1) is 0 Å². The molecule has 128 valence electrons. The van der Waals surface area contributed by atoms with Crippen LogP contribution in [0.2, 0.25) is 0 Å².